The number of hydrogen-bond donors (Lipinski definition) is 2. The molecule has 1 aliphatic heterocycles. The highest BCUT2D eigenvalue weighted by atomic mass is 16.5. The van der Waals surface area contributed by atoms with Crippen LogP contribution in [-0.4, -0.2) is 38.8 Å². The largest absolute Gasteiger partial charge is 0.494 e. The van der Waals surface area contributed by atoms with E-state index in [0.717, 1.165) is 38.2 Å². The Bertz CT molecular complexity index is 442. The van der Waals surface area contributed by atoms with Crippen molar-refractivity contribution in [3.63, 3.8) is 0 Å². The Labute approximate surface area is 132 Å². The quantitative estimate of drug-likeness (QED) is 0.732. The van der Waals surface area contributed by atoms with Gasteiger partial charge in [-0.3, -0.25) is 4.79 Å². The highest BCUT2D eigenvalue weighted by molar-refractivity contribution is 5.77. The Morgan fingerprint density at radius 1 is 1.27 bits per heavy atom. The molecule has 1 heterocycles. The molecule has 2 N–H and O–H groups in total. The molecule has 2 rings (SSSR count). The Balaban J connectivity index is 1.60. The molecular formula is C17H26N2O3. The zero-order valence-corrected chi connectivity index (χ0v) is 13.3. The first kappa shape index (κ1) is 16.6. The van der Waals surface area contributed by atoms with Crippen molar-refractivity contribution < 1.29 is 14.3 Å². The van der Waals surface area contributed by atoms with Gasteiger partial charge in [-0.25, -0.2) is 0 Å². The SMILES string of the molecule is CCCOc1ccc(OCC(=O)NCCC2CCNC2)cc1. The van der Waals surface area contributed by atoms with Gasteiger partial charge in [0.05, 0.1) is 6.61 Å². The van der Waals surface area contributed by atoms with Crippen LogP contribution in [0.3, 0.4) is 0 Å². The van der Waals surface area contributed by atoms with E-state index in [-0.39, 0.29) is 12.5 Å². The maximum absolute atomic E-state index is 11.7. The van der Waals surface area contributed by atoms with Gasteiger partial charge in [0.2, 0.25) is 0 Å². The third-order valence-electron chi connectivity index (χ3n) is 3.70. The van der Waals surface area contributed by atoms with Gasteiger partial charge in [0.15, 0.2) is 6.61 Å². The predicted molar refractivity (Wildman–Crippen MR) is 86.3 cm³/mol. The van der Waals surface area contributed by atoms with Gasteiger partial charge in [-0.15, -0.1) is 0 Å². The highest BCUT2D eigenvalue weighted by Gasteiger charge is 2.14. The van der Waals surface area contributed by atoms with Crippen molar-refractivity contribution >= 4 is 5.91 Å². The molecule has 0 saturated carbocycles. The average Bonchev–Trinajstić information content (AvgIpc) is 3.05. The number of nitrogens with one attached hydrogen (secondary N) is 2. The molecule has 0 aliphatic carbocycles. The molecule has 0 aromatic heterocycles. The Morgan fingerprint density at radius 3 is 2.64 bits per heavy atom. The number of carbonyl (C=O) groups is 1. The van der Waals surface area contributed by atoms with Crippen LogP contribution in [0.25, 0.3) is 0 Å². The van der Waals surface area contributed by atoms with Gasteiger partial charge < -0.3 is 20.1 Å². The maximum Gasteiger partial charge on any atom is 0.257 e. The molecule has 1 fully saturated rings. The molecule has 0 bridgehead atoms. The van der Waals surface area contributed by atoms with Gasteiger partial charge in [0, 0.05) is 6.54 Å². The summed E-state index contributed by atoms with van der Waals surface area (Å²) in [7, 11) is 0. The van der Waals surface area contributed by atoms with Gasteiger partial charge in [-0.2, -0.15) is 0 Å². The van der Waals surface area contributed by atoms with Crippen LogP contribution in [0.4, 0.5) is 0 Å². The van der Waals surface area contributed by atoms with Crippen LogP contribution in [0, 0.1) is 5.92 Å². The monoisotopic (exact) mass is 306 g/mol. The normalized spacial score (nSPS) is 17.2. The van der Waals surface area contributed by atoms with Crippen LogP contribution in [-0.2, 0) is 4.79 Å². The minimum Gasteiger partial charge on any atom is -0.494 e. The third kappa shape index (κ3) is 5.93. The van der Waals surface area contributed by atoms with E-state index >= 15 is 0 Å². The zero-order valence-electron chi connectivity index (χ0n) is 13.3. The van der Waals surface area contributed by atoms with Crippen LogP contribution in [0.5, 0.6) is 11.5 Å². The summed E-state index contributed by atoms with van der Waals surface area (Å²) in [6, 6.07) is 7.36. The van der Waals surface area contributed by atoms with Crippen molar-refractivity contribution in [1.82, 2.24) is 10.6 Å². The molecule has 1 aliphatic rings. The fourth-order valence-electron chi connectivity index (χ4n) is 2.43. The standard InChI is InChI=1S/C17H26N2O3/c1-2-11-21-15-3-5-16(6-4-15)22-13-17(20)19-10-8-14-7-9-18-12-14/h3-6,14,18H,2,7-13H2,1H3,(H,19,20). The van der Waals surface area contributed by atoms with E-state index in [0.29, 0.717) is 18.3 Å². The van der Waals surface area contributed by atoms with Crippen molar-refractivity contribution in [3.05, 3.63) is 24.3 Å². The third-order valence-corrected chi connectivity index (χ3v) is 3.70. The number of carbonyl (C=O) groups excluding carboxylic acids is 1. The van der Waals surface area contributed by atoms with Crippen molar-refractivity contribution in [2.24, 2.45) is 5.92 Å². The predicted octanol–water partition coefficient (Wildman–Crippen LogP) is 1.97. The second-order valence-corrected chi connectivity index (χ2v) is 5.61. The lowest BCUT2D eigenvalue weighted by atomic mass is 10.1. The van der Waals surface area contributed by atoms with Crippen molar-refractivity contribution in [2.45, 2.75) is 26.2 Å². The number of benzene rings is 1. The van der Waals surface area contributed by atoms with Gasteiger partial charge in [0.1, 0.15) is 11.5 Å². The first-order valence-electron chi connectivity index (χ1n) is 8.11. The molecule has 1 unspecified atom stereocenters. The number of amides is 1. The topological polar surface area (TPSA) is 59.6 Å². The summed E-state index contributed by atoms with van der Waals surface area (Å²) in [5.41, 5.74) is 0. The van der Waals surface area contributed by atoms with E-state index < -0.39 is 0 Å². The zero-order chi connectivity index (χ0) is 15.6. The Hall–Kier alpha value is -1.75. The van der Waals surface area contributed by atoms with E-state index in [1.165, 1.54) is 6.42 Å². The molecule has 5 heteroatoms. The summed E-state index contributed by atoms with van der Waals surface area (Å²) in [6.07, 6.45) is 3.22. The molecule has 1 saturated heterocycles. The molecule has 5 nitrogen and oxygen atoms in total. The van der Waals surface area contributed by atoms with E-state index in [1.807, 2.05) is 24.3 Å². The summed E-state index contributed by atoms with van der Waals surface area (Å²) in [6.45, 7) is 5.72. The fraction of sp³-hybridized carbons (Fsp3) is 0.588. The van der Waals surface area contributed by atoms with Crippen LogP contribution in [0.1, 0.15) is 26.2 Å². The number of rotatable bonds is 9. The van der Waals surface area contributed by atoms with Crippen molar-refractivity contribution in [1.29, 1.82) is 0 Å². The van der Waals surface area contributed by atoms with Crippen LogP contribution in [0.15, 0.2) is 24.3 Å². The molecule has 122 valence electrons. The molecule has 1 aromatic carbocycles. The van der Waals surface area contributed by atoms with Gasteiger partial charge in [-0.1, -0.05) is 6.92 Å². The van der Waals surface area contributed by atoms with Gasteiger partial charge in [-0.05, 0) is 62.5 Å². The Kier molecular flexibility index (Phi) is 7.03. The average molecular weight is 306 g/mol. The Morgan fingerprint density at radius 2 is 2.00 bits per heavy atom. The van der Waals surface area contributed by atoms with Crippen LogP contribution >= 0.6 is 0 Å². The molecule has 0 spiro atoms. The molecular weight excluding hydrogens is 280 g/mol. The molecule has 1 amide bonds. The fourth-order valence-corrected chi connectivity index (χ4v) is 2.43. The minimum atomic E-state index is -0.0720. The van der Waals surface area contributed by atoms with E-state index in [1.54, 1.807) is 0 Å². The highest BCUT2D eigenvalue weighted by Crippen LogP contribution is 2.17. The maximum atomic E-state index is 11.7. The lowest BCUT2D eigenvalue weighted by Crippen LogP contribution is -2.30. The van der Waals surface area contributed by atoms with Crippen LogP contribution < -0.4 is 20.1 Å². The molecule has 22 heavy (non-hydrogen) atoms. The summed E-state index contributed by atoms with van der Waals surface area (Å²) >= 11 is 0. The lowest BCUT2D eigenvalue weighted by Gasteiger charge is -2.10. The first-order valence-corrected chi connectivity index (χ1v) is 8.11. The van der Waals surface area contributed by atoms with Gasteiger partial charge >= 0.3 is 0 Å². The first-order chi connectivity index (χ1) is 10.8. The van der Waals surface area contributed by atoms with Crippen LogP contribution in [0.2, 0.25) is 0 Å². The summed E-state index contributed by atoms with van der Waals surface area (Å²) in [5, 5.41) is 6.23. The number of ether oxygens (including phenoxy) is 2. The smallest absolute Gasteiger partial charge is 0.257 e. The molecule has 0 radical (unpaired) electrons. The second-order valence-electron chi connectivity index (χ2n) is 5.61. The number of hydrogen-bond acceptors (Lipinski definition) is 4. The molecule has 1 atom stereocenters. The van der Waals surface area contributed by atoms with Gasteiger partial charge in [0.25, 0.3) is 5.91 Å². The summed E-state index contributed by atoms with van der Waals surface area (Å²) in [4.78, 5) is 11.7. The van der Waals surface area contributed by atoms with E-state index in [9.17, 15) is 4.79 Å². The summed E-state index contributed by atoms with van der Waals surface area (Å²) < 4.78 is 11.0. The molecule has 1 aromatic rings. The second kappa shape index (κ2) is 9.30. The summed E-state index contributed by atoms with van der Waals surface area (Å²) in [5.74, 6) is 2.12. The lowest BCUT2D eigenvalue weighted by molar-refractivity contribution is -0.123. The minimum absolute atomic E-state index is 0.0537. The van der Waals surface area contributed by atoms with Crippen molar-refractivity contribution in [3.8, 4) is 11.5 Å². The van der Waals surface area contributed by atoms with Crippen molar-refractivity contribution in [2.75, 3.05) is 32.8 Å². The van der Waals surface area contributed by atoms with E-state index in [2.05, 4.69) is 17.6 Å². The van der Waals surface area contributed by atoms with E-state index in [4.69, 9.17) is 9.47 Å².